The molecular weight excluding hydrogens is 270 g/mol. The fourth-order valence-corrected chi connectivity index (χ4v) is 3.57. The zero-order chi connectivity index (χ0) is 14.3. The molecule has 20 heavy (non-hydrogen) atoms. The molecule has 0 unspecified atom stereocenters. The highest BCUT2D eigenvalue weighted by molar-refractivity contribution is 7.12. The van der Waals surface area contributed by atoms with Crippen LogP contribution in [0.25, 0.3) is 22.2 Å². The van der Waals surface area contributed by atoms with Crippen molar-refractivity contribution in [3.05, 3.63) is 45.6 Å². The highest BCUT2D eigenvalue weighted by Gasteiger charge is 2.17. The Morgan fingerprint density at radius 2 is 2.05 bits per heavy atom. The van der Waals surface area contributed by atoms with Crippen molar-refractivity contribution < 1.29 is 9.90 Å². The van der Waals surface area contributed by atoms with E-state index >= 15 is 0 Å². The summed E-state index contributed by atoms with van der Waals surface area (Å²) in [6, 6.07) is 9.98. The number of carbonyl (C=O) groups is 1. The lowest BCUT2D eigenvalue weighted by Crippen LogP contribution is -2.00. The van der Waals surface area contributed by atoms with E-state index in [4.69, 9.17) is 0 Å². The molecule has 102 valence electrons. The molecule has 0 saturated carbocycles. The Labute approximate surface area is 120 Å². The minimum Gasteiger partial charge on any atom is -0.481 e. The van der Waals surface area contributed by atoms with Gasteiger partial charge >= 0.3 is 5.97 Å². The Hall–Kier alpha value is -2.07. The summed E-state index contributed by atoms with van der Waals surface area (Å²) in [4.78, 5) is 17.0. The van der Waals surface area contributed by atoms with Crippen LogP contribution in [0.1, 0.15) is 15.3 Å². The molecule has 0 aliphatic rings. The van der Waals surface area contributed by atoms with Crippen LogP contribution < -0.4 is 0 Å². The second-order valence-electron chi connectivity index (χ2n) is 4.92. The standard InChI is InChI=1S/C16H15NO2S/c1-9-7-12(10(2)20-9)16-13(8-15(18)19)11-5-3-4-6-14(11)17-16/h3-7,17H,8H2,1-2H3,(H,18,19). The van der Waals surface area contributed by atoms with E-state index < -0.39 is 5.97 Å². The highest BCUT2D eigenvalue weighted by atomic mass is 32.1. The Morgan fingerprint density at radius 1 is 1.30 bits per heavy atom. The summed E-state index contributed by atoms with van der Waals surface area (Å²) in [5.74, 6) is -0.805. The predicted molar refractivity (Wildman–Crippen MR) is 82.4 cm³/mol. The SMILES string of the molecule is Cc1cc(-c2[nH]c3ccccc3c2CC(=O)O)c(C)s1. The van der Waals surface area contributed by atoms with Crippen molar-refractivity contribution in [2.75, 3.05) is 0 Å². The summed E-state index contributed by atoms with van der Waals surface area (Å²) in [5, 5.41) is 10.2. The average Bonchev–Trinajstić information content (AvgIpc) is 2.90. The number of aromatic amines is 1. The molecule has 0 radical (unpaired) electrons. The van der Waals surface area contributed by atoms with Crippen molar-refractivity contribution >= 4 is 28.2 Å². The van der Waals surface area contributed by atoms with Crippen LogP contribution >= 0.6 is 11.3 Å². The number of aryl methyl sites for hydroxylation is 2. The zero-order valence-corrected chi connectivity index (χ0v) is 12.2. The van der Waals surface area contributed by atoms with Gasteiger partial charge in [0.15, 0.2) is 0 Å². The van der Waals surface area contributed by atoms with Crippen LogP contribution in [0.2, 0.25) is 0 Å². The highest BCUT2D eigenvalue weighted by Crippen LogP contribution is 2.36. The number of hydrogen-bond donors (Lipinski definition) is 2. The summed E-state index contributed by atoms with van der Waals surface area (Å²) in [6.45, 7) is 4.14. The molecule has 2 N–H and O–H groups in total. The Bertz CT molecular complexity index is 798. The van der Waals surface area contributed by atoms with Crippen molar-refractivity contribution in [1.82, 2.24) is 4.98 Å². The smallest absolute Gasteiger partial charge is 0.307 e. The topological polar surface area (TPSA) is 53.1 Å². The molecular formula is C16H15NO2S. The van der Waals surface area contributed by atoms with E-state index in [1.807, 2.05) is 24.3 Å². The van der Waals surface area contributed by atoms with Gasteiger partial charge in [0.1, 0.15) is 0 Å². The molecule has 0 aliphatic carbocycles. The molecule has 4 heteroatoms. The predicted octanol–water partition coefficient (Wildman–Crippen LogP) is 4.14. The molecule has 2 heterocycles. The van der Waals surface area contributed by atoms with E-state index in [0.29, 0.717) is 0 Å². The van der Waals surface area contributed by atoms with Crippen LogP contribution in [0.3, 0.4) is 0 Å². The van der Waals surface area contributed by atoms with Crippen LogP contribution in [0, 0.1) is 13.8 Å². The lowest BCUT2D eigenvalue weighted by molar-refractivity contribution is -0.136. The molecule has 0 aliphatic heterocycles. The van der Waals surface area contributed by atoms with Gasteiger partial charge in [0.05, 0.1) is 12.1 Å². The number of carboxylic acids is 1. The molecule has 0 atom stereocenters. The minimum absolute atomic E-state index is 0.0354. The second-order valence-corrected chi connectivity index (χ2v) is 6.38. The number of benzene rings is 1. The molecule has 0 bridgehead atoms. The van der Waals surface area contributed by atoms with Gasteiger partial charge in [-0.05, 0) is 31.5 Å². The fraction of sp³-hybridized carbons (Fsp3) is 0.188. The van der Waals surface area contributed by atoms with Gasteiger partial charge in [-0.1, -0.05) is 18.2 Å². The summed E-state index contributed by atoms with van der Waals surface area (Å²) in [5.41, 5.74) is 3.91. The second kappa shape index (κ2) is 4.80. The first kappa shape index (κ1) is 12.9. The van der Waals surface area contributed by atoms with Gasteiger partial charge in [-0.2, -0.15) is 0 Å². The van der Waals surface area contributed by atoms with E-state index in [1.165, 1.54) is 9.75 Å². The van der Waals surface area contributed by atoms with Crippen LogP contribution in [0.5, 0.6) is 0 Å². The first-order valence-electron chi connectivity index (χ1n) is 6.45. The average molecular weight is 285 g/mol. The number of nitrogens with one attached hydrogen (secondary N) is 1. The fourth-order valence-electron chi connectivity index (χ4n) is 2.64. The van der Waals surface area contributed by atoms with Gasteiger partial charge < -0.3 is 10.1 Å². The Balaban J connectivity index is 2.28. The number of aliphatic carboxylic acids is 1. The molecule has 0 amide bonds. The molecule has 2 aromatic heterocycles. The normalized spacial score (nSPS) is 11.1. The van der Waals surface area contributed by atoms with Gasteiger partial charge in [0.2, 0.25) is 0 Å². The number of rotatable bonds is 3. The largest absolute Gasteiger partial charge is 0.481 e. The van der Waals surface area contributed by atoms with Crippen LogP contribution in [0.15, 0.2) is 30.3 Å². The van der Waals surface area contributed by atoms with Crippen molar-refractivity contribution in [3.63, 3.8) is 0 Å². The number of hydrogen-bond acceptors (Lipinski definition) is 2. The van der Waals surface area contributed by atoms with E-state index in [-0.39, 0.29) is 6.42 Å². The van der Waals surface area contributed by atoms with Crippen molar-refractivity contribution in [1.29, 1.82) is 0 Å². The number of fused-ring (bicyclic) bond motifs is 1. The number of H-pyrrole nitrogens is 1. The molecule has 3 aromatic rings. The Morgan fingerprint density at radius 3 is 2.70 bits per heavy atom. The molecule has 1 aromatic carbocycles. The van der Waals surface area contributed by atoms with Gasteiger partial charge in [-0.3, -0.25) is 4.79 Å². The number of aromatic nitrogens is 1. The quantitative estimate of drug-likeness (QED) is 0.760. The lowest BCUT2D eigenvalue weighted by atomic mass is 10.0. The third-order valence-corrected chi connectivity index (χ3v) is 4.42. The molecule has 3 nitrogen and oxygen atoms in total. The summed E-state index contributed by atoms with van der Waals surface area (Å²) < 4.78 is 0. The van der Waals surface area contributed by atoms with Crippen LogP contribution in [-0.2, 0) is 11.2 Å². The molecule has 3 rings (SSSR count). The summed E-state index contributed by atoms with van der Waals surface area (Å²) >= 11 is 1.73. The van der Waals surface area contributed by atoms with E-state index in [1.54, 1.807) is 11.3 Å². The maximum Gasteiger partial charge on any atom is 0.307 e. The van der Waals surface area contributed by atoms with Gasteiger partial charge in [0.25, 0.3) is 0 Å². The van der Waals surface area contributed by atoms with Gasteiger partial charge in [-0.25, -0.2) is 0 Å². The summed E-state index contributed by atoms with van der Waals surface area (Å²) in [7, 11) is 0. The van der Waals surface area contributed by atoms with Crippen molar-refractivity contribution in [3.8, 4) is 11.3 Å². The van der Waals surface area contributed by atoms with Crippen molar-refractivity contribution in [2.24, 2.45) is 0 Å². The maximum absolute atomic E-state index is 11.2. The number of thiophene rings is 1. The number of para-hydroxylation sites is 1. The Kier molecular flexibility index (Phi) is 3.10. The third-order valence-electron chi connectivity index (χ3n) is 3.45. The van der Waals surface area contributed by atoms with Gasteiger partial charge in [0, 0.05) is 26.2 Å². The van der Waals surface area contributed by atoms with Crippen LogP contribution in [0.4, 0.5) is 0 Å². The summed E-state index contributed by atoms with van der Waals surface area (Å²) in [6.07, 6.45) is 0.0354. The minimum atomic E-state index is -0.805. The van der Waals surface area contributed by atoms with Crippen molar-refractivity contribution in [2.45, 2.75) is 20.3 Å². The first-order valence-corrected chi connectivity index (χ1v) is 7.26. The van der Waals surface area contributed by atoms with Gasteiger partial charge in [-0.15, -0.1) is 11.3 Å². The monoisotopic (exact) mass is 285 g/mol. The molecule has 0 saturated heterocycles. The maximum atomic E-state index is 11.2. The first-order chi connectivity index (χ1) is 9.56. The molecule has 0 spiro atoms. The number of carboxylic acid groups (broad SMARTS) is 1. The van der Waals surface area contributed by atoms with Crippen LogP contribution in [-0.4, -0.2) is 16.1 Å². The zero-order valence-electron chi connectivity index (χ0n) is 11.4. The lowest BCUT2D eigenvalue weighted by Gasteiger charge is -2.02. The van der Waals surface area contributed by atoms with E-state index in [0.717, 1.165) is 27.7 Å². The molecule has 0 fully saturated rings. The van der Waals surface area contributed by atoms with E-state index in [9.17, 15) is 9.90 Å². The van der Waals surface area contributed by atoms with E-state index in [2.05, 4.69) is 24.9 Å². The third kappa shape index (κ3) is 2.12.